The normalized spacial score (nSPS) is 21.6. The van der Waals surface area contributed by atoms with Crippen LogP contribution in [0.4, 0.5) is 0 Å². The van der Waals surface area contributed by atoms with Crippen LogP contribution in [0, 0.1) is 11.8 Å². The van der Waals surface area contributed by atoms with Gasteiger partial charge in [-0.15, -0.1) is 0 Å². The van der Waals surface area contributed by atoms with E-state index in [1.54, 1.807) is 0 Å². The molecule has 6 aliphatic rings. The molecule has 1 aliphatic carbocycles. The van der Waals surface area contributed by atoms with Crippen molar-refractivity contribution in [2.75, 3.05) is 0 Å². The quantitative estimate of drug-likeness (QED) is 0.0724. The summed E-state index contributed by atoms with van der Waals surface area (Å²) in [6, 6.07) is 0. The van der Waals surface area contributed by atoms with Gasteiger partial charge in [-0.2, -0.15) is 0 Å². The molecule has 5 heterocycles. The Morgan fingerprint density at radius 3 is 2.23 bits per heavy atom. The van der Waals surface area contributed by atoms with Crippen LogP contribution in [-0.4, -0.2) is 39.3 Å². The molecule has 5 aliphatic heterocycles. The number of hydrogen-bond donors (Lipinski definition) is 3. The Kier molecular flexibility index (Phi) is 13.5. The monoisotopic (exact) mass is 760 g/mol. The van der Waals surface area contributed by atoms with Gasteiger partial charge in [-0.1, -0.05) is 71.4 Å². The van der Waals surface area contributed by atoms with E-state index >= 15 is 0 Å². The molecule has 0 aromatic rings. The van der Waals surface area contributed by atoms with E-state index in [0.717, 1.165) is 106 Å². The molecule has 0 amide bonds. The number of allylic oxidation sites excluding steroid dienone is 13. The van der Waals surface area contributed by atoms with Crippen molar-refractivity contribution < 1.29 is 24.5 Å². The first-order valence-electron chi connectivity index (χ1n) is 21.1. The summed E-state index contributed by atoms with van der Waals surface area (Å²) >= 11 is 0. The zero-order valence-electron chi connectivity index (χ0n) is 34.3. The molecule has 0 aromatic heterocycles. The highest BCUT2D eigenvalue weighted by Crippen LogP contribution is 2.46. The molecule has 1 fully saturated rings. The first kappa shape index (κ1) is 40.9. The van der Waals surface area contributed by atoms with Crippen LogP contribution in [0.15, 0.2) is 119 Å². The Balaban J connectivity index is 1.24. The molecule has 0 spiro atoms. The molecule has 0 unspecified atom stereocenters. The summed E-state index contributed by atoms with van der Waals surface area (Å²) in [6.07, 6.45) is 25.2. The fraction of sp³-hybridized carbons (Fsp3) is 0.511. The van der Waals surface area contributed by atoms with Crippen LogP contribution in [-0.2, 0) is 14.3 Å². The SMILES string of the molecule is CCCCCC/C=C/CCCCCCCC(=O)OC1=C(C)C2=NC1=CC1=NC(=CC3=C(C)C4=C(O)CC(=C5NC(=C2)[C@@H](C)[C@@H]5CCC(=O)O)C4=N3)C(CC)=C1C. The Labute approximate surface area is 333 Å². The largest absolute Gasteiger partial charge is 0.511 e. The van der Waals surface area contributed by atoms with Crippen LogP contribution >= 0.6 is 0 Å². The number of rotatable bonds is 18. The summed E-state index contributed by atoms with van der Waals surface area (Å²) in [5, 5.41) is 24.6. The maximum absolute atomic E-state index is 13.4. The molecule has 0 radical (unpaired) electrons. The minimum atomic E-state index is -0.849. The second-order valence-corrected chi connectivity index (χ2v) is 16.0. The fourth-order valence-corrected chi connectivity index (χ4v) is 8.64. The molecule has 9 heteroatoms. The van der Waals surface area contributed by atoms with Gasteiger partial charge in [0.15, 0.2) is 5.76 Å². The Morgan fingerprint density at radius 2 is 1.52 bits per heavy atom. The number of carbonyl (C=O) groups is 2. The second-order valence-electron chi connectivity index (χ2n) is 16.0. The smallest absolute Gasteiger partial charge is 0.311 e. The minimum absolute atomic E-state index is 0.0170. The van der Waals surface area contributed by atoms with Gasteiger partial charge in [0, 0.05) is 59.2 Å². The number of aliphatic hydroxyl groups excluding tert-OH is 1. The van der Waals surface area contributed by atoms with Crippen molar-refractivity contribution in [3.8, 4) is 0 Å². The standard InChI is InChI=1S/C47H60N4O5/c1-7-9-10-11-12-13-14-15-16-17-18-19-20-21-43(55)56-47-31(6)38-25-36-29(4)33(22-23-42(53)54)45(50-36)34-24-41(52)44-30(5)37(51-46(34)44)26-39-32(8-2)28(3)35(48-39)27-40(47)49-38/h13-14,25-27,29,33,50,52H,7-12,15-24H2,1-6H3,(H,53,54)/b14-13+,36-25?,39-26?,40-27?,45-34?/t29-,33-/m0/s1. The summed E-state index contributed by atoms with van der Waals surface area (Å²) in [5.41, 5.74) is 11.5. The Hall–Kier alpha value is -4.79. The maximum Gasteiger partial charge on any atom is 0.311 e. The van der Waals surface area contributed by atoms with Crippen molar-refractivity contribution >= 4 is 29.1 Å². The van der Waals surface area contributed by atoms with Crippen molar-refractivity contribution in [2.45, 2.75) is 144 Å². The van der Waals surface area contributed by atoms with Crippen LogP contribution in [0.2, 0.25) is 0 Å². The van der Waals surface area contributed by atoms with Crippen LogP contribution < -0.4 is 5.32 Å². The minimum Gasteiger partial charge on any atom is -0.511 e. The molecule has 298 valence electrons. The van der Waals surface area contributed by atoms with Gasteiger partial charge in [0.25, 0.3) is 0 Å². The van der Waals surface area contributed by atoms with E-state index in [1.165, 1.54) is 38.5 Å². The zero-order chi connectivity index (χ0) is 39.9. The molecule has 56 heavy (non-hydrogen) atoms. The third-order valence-corrected chi connectivity index (χ3v) is 12.0. The summed E-state index contributed by atoms with van der Waals surface area (Å²) in [5.74, 6) is -0.587. The first-order chi connectivity index (χ1) is 27.0. The number of carboxylic acids is 1. The number of aliphatic hydroxyl groups is 1. The van der Waals surface area contributed by atoms with Gasteiger partial charge in [0.2, 0.25) is 0 Å². The van der Waals surface area contributed by atoms with Crippen molar-refractivity contribution in [2.24, 2.45) is 26.8 Å². The molecule has 9 nitrogen and oxygen atoms in total. The molecule has 6 rings (SSSR count). The molecule has 0 saturated carbocycles. The average Bonchev–Trinajstić information content (AvgIpc) is 3.92. The average molecular weight is 761 g/mol. The van der Waals surface area contributed by atoms with Gasteiger partial charge in [-0.25, -0.2) is 15.0 Å². The molecule has 1 saturated heterocycles. The van der Waals surface area contributed by atoms with E-state index in [2.05, 4.69) is 45.2 Å². The maximum atomic E-state index is 13.4. The summed E-state index contributed by atoms with van der Waals surface area (Å²) in [7, 11) is 0. The van der Waals surface area contributed by atoms with E-state index in [9.17, 15) is 19.8 Å². The fourth-order valence-electron chi connectivity index (χ4n) is 8.64. The van der Waals surface area contributed by atoms with Crippen LogP contribution in [0.5, 0.6) is 0 Å². The topological polar surface area (TPSA) is 133 Å². The number of carboxylic acid groups (broad SMARTS) is 1. The zero-order valence-corrected chi connectivity index (χ0v) is 34.3. The number of ether oxygens (including phenoxy) is 1. The predicted octanol–water partition coefficient (Wildman–Crippen LogP) is 11.3. The molecule has 3 N–H and O–H groups in total. The molecular weight excluding hydrogens is 701 g/mol. The first-order valence-corrected chi connectivity index (χ1v) is 21.1. The second kappa shape index (κ2) is 18.4. The lowest BCUT2D eigenvalue weighted by Gasteiger charge is -2.17. The molecule has 8 bridgehead atoms. The summed E-state index contributed by atoms with van der Waals surface area (Å²) in [6.45, 7) is 12.4. The van der Waals surface area contributed by atoms with Gasteiger partial charge in [-0.3, -0.25) is 9.59 Å². The van der Waals surface area contributed by atoms with Gasteiger partial charge in [-0.05, 0) is 101 Å². The third-order valence-electron chi connectivity index (χ3n) is 12.0. The summed E-state index contributed by atoms with van der Waals surface area (Å²) < 4.78 is 6.16. The molecule has 2 atom stereocenters. The van der Waals surface area contributed by atoms with E-state index < -0.39 is 5.97 Å². The number of nitrogens with zero attached hydrogens (tertiary/aromatic N) is 3. The van der Waals surface area contributed by atoms with Crippen molar-refractivity contribution in [3.05, 3.63) is 104 Å². The third kappa shape index (κ3) is 8.92. The van der Waals surface area contributed by atoms with E-state index in [4.69, 9.17) is 19.7 Å². The van der Waals surface area contributed by atoms with E-state index in [-0.39, 0.29) is 30.0 Å². The number of aliphatic carboxylic acids is 1. The number of hydrogen-bond acceptors (Lipinski definition) is 8. The lowest BCUT2D eigenvalue weighted by Crippen LogP contribution is -2.15. The highest BCUT2D eigenvalue weighted by atomic mass is 16.5. The number of esters is 1. The summed E-state index contributed by atoms with van der Waals surface area (Å²) in [4.78, 5) is 40.4. The van der Waals surface area contributed by atoms with Crippen LogP contribution in [0.25, 0.3) is 0 Å². The number of aliphatic imine (C=N–C) groups is 3. The lowest BCUT2D eigenvalue weighted by atomic mass is 9.86. The predicted molar refractivity (Wildman–Crippen MR) is 225 cm³/mol. The van der Waals surface area contributed by atoms with Crippen LogP contribution in [0.1, 0.15) is 144 Å². The molecule has 0 aromatic carbocycles. The van der Waals surface area contributed by atoms with Crippen molar-refractivity contribution in [3.63, 3.8) is 0 Å². The Bertz CT molecular complexity index is 2020. The molecular formula is C47H60N4O5. The van der Waals surface area contributed by atoms with Gasteiger partial charge in [0.05, 0.1) is 28.5 Å². The van der Waals surface area contributed by atoms with E-state index in [0.29, 0.717) is 36.4 Å². The van der Waals surface area contributed by atoms with Crippen molar-refractivity contribution in [1.82, 2.24) is 5.32 Å². The van der Waals surface area contributed by atoms with E-state index in [1.807, 2.05) is 32.1 Å². The number of unbranched alkanes of at least 4 members (excludes halogenated alkanes) is 9. The Morgan fingerprint density at radius 1 is 0.839 bits per heavy atom. The number of fused-ring (bicyclic) bond motifs is 5. The number of nitrogens with one attached hydrogen (secondary N) is 1. The van der Waals surface area contributed by atoms with Gasteiger partial charge < -0.3 is 20.3 Å². The van der Waals surface area contributed by atoms with Gasteiger partial charge in [0.1, 0.15) is 11.5 Å². The van der Waals surface area contributed by atoms with Gasteiger partial charge >= 0.3 is 11.9 Å². The highest BCUT2D eigenvalue weighted by Gasteiger charge is 2.41. The number of carbonyl (C=O) groups excluding carboxylic acids is 1. The highest BCUT2D eigenvalue weighted by molar-refractivity contribution is 6.21. The van der Waals surface area contributed by atoms with Crippen LogP contribution in [0.3, 0.4) is 0 Å². The van der Waals surface area contributed by atoms with Crippen molar-refractivity contribution in [1.29, 1.82) is 0 Å². The lowest BCUT2D eigenvalue weighted by molar-refractivity contribution is -0.139.